The van der Waals surface area contributed by atoms with Crippen LogP contribution in [0.5, 0.6) is 0 Å². The van der Waals surface area contributed by atoms with Gasteiger partial charge >= 0.3 is 6.16 Å². The highest BCUT2D eigenvalue weighted by Crippen LogP contribution is 2.32. The van der Waals surface area contributed by atoms with Crippen molar-refractivity contribution >= 4 is 29.4 Å². The summed E-state index contributed by atoms with van der Waals surface area (Å²) in [5, 5.41) is 41.4. The van der Waals surface area contributed by atoms with Gasteiger partial charge < -0.3 is 35.3 Å². The highest BCUT2D eigenvalue weighted by molar-refractivity contribution is 6.33. The first-order chi connectivity index (χ1) is 23.7. The lowest BCUT2D eigenvalue weighted by molar-refractivity contribution is 0.0455. The maximum Gasteiger partial charge on any atom is 0.505 e. The summed E-state index contributed by atoms with van der Waals surface area (Å²) in [6, 6.07) is 10.9. The van der Waals surface area contributed by atoms with Crippen LogP contribution < -0.4 is 16.0 Å². The third kappa shape index (κ3) is 10.4. The minimum absolute atomic E-state index is 0.0693. The van der Waals surface area contributed by atoms with Crippen molar-refractivity contribution in [2.45, 2.75) is 89.6 Å². The average molecular weight is 697 g/mol. The second-order valence-corrected chi connectivity index (χ2v) is 13.3. The number of tetrazole rings is 1. The Hall–Kier alpha value is -4.10. The molecule has 2 fully saturated rings. The zero-order valence-electron chi connectivity index (χ0n) is 28.0. The van der Waals surface area contributed by atoms with Crippen LogP contribution in [0.4, 0.5) is 16.4 Å². The molecule has 3 aromatic rings. The van der Waals surface area contributed by atoms with Crippen LogP contribution in [0.1, 0.15) is 70.7 Å². The highest BCUT2D eigenvalue weighted by atomic mass is 35.5. The molecule has 5 rings (SSSR count). The number of aromatic nitrogens is 6. The fraction of sp³-hybridized carbons (Fsp3) is 0.606. The Bertz CT molecular complexity index is 1550. The molecular formula is C33H45ClN10O5. The third-order valence-electron chi connectivity index (χ3n) is 9.11. The van der Waals surface area contributed by atoms with Gasteiger partial charge in [-0.15, -0.1) is 5.10 Å². The molecule has 15 nitrogen and oxygen atoms in total. The predicted octanol–water partition coefficient (Wildman–Crippen LogP) is 5.08. The lowest BCUT2D eigenvalue weighted by Gasteiger charge is -2.32. The van der Waals surface area contributed by atoms with E-state index in [1.54, 1.807) is 10.9 Å². The van der Waals surface area contributed by atoms with Gasteiger partial charge in [-0.05, 0) is 81.0 Å². The van der Waals surface area contributed by atoms with E-state index in [-0.39, 0.29) is 31.3 Å². The number of hydrogen-bond acceptors (Lipinski definition) is 13. The second kappa shape index (κ2) is 17.5. The number of nitrogens with one attached hydrogen (secondary N) is 3. The maximum atomic E-state index is 10.6. The van der Waals surface area contributed by atoms with E-state index in [0.29, 0.717) is 68.3 Å². The van der Waals surface area contributed by atoms with Gasteiger partial charge in [-0.3, -0.25) is 0 Å². The summed E-state index contributed by atoms with van der Waals surface area (Å²) in [4.78, 5) is 19.9. The van der Waals surface area contributed by atoms with Crippen LogP contribution in [0, 0.1) is 16.7 Å². The van der Waals surface area contributed by atoms with Crippen LogP contribution in [0.15, 0.2) is 30.5 Å². The van der Waals surface area contributed by atoms with Gasteiger partial charge in [-0.2, -0.15) is 5.26 Å². The minimum Gasteiger partial charge on any atom is -0.450 e. The first-order valence-corrected chi connectivity index (χ1v) is 17.2. The van der Waals surface area contributed by atoms with Crippen molar-refractivity contribution in [3.05, 3.63) is 41.3 Å². The Labute approximate surface area is 291 Å². The molecule has 1 saturated heterocycles. The molecule has 2 aliphatic rings. The zero-order valence-corrected chi connectivity index (χ0v) is 28.7. The molecule has 264 valence electrons. The fourth-order valence-corrected chi connectivity index (χ4v) is 6.43. The Balaban J connectivity index is 1.05. The molecule has 16 heteroatoms. The number of carboxylic acid groups (broad SMARTS) is 1. The first-order valence-electron chi connectivity index (χ1n) is 16.8. The largest absolute Gasteiger partial charge is 0.505 e. The monoisotopic (exact) mass is 696 g/mol. The first kappa shape index (κ1) is 36.2. The SMILES string of the molecule is C[C@H](COCc1nnnn1[C@@H](C)CCOC(=O)O)NC1CCC(Nc2cc(-c3cccc(NCC4(C#N)CCOCC4)n3)c(Cl)cn2)CC1. The Kier molecular flexibility index (Phi) is 12.9. The Morgan fingerprint density at radius 3 is 2.73 bits per heavy atom. The van der Waals surface area contributed by atoms with Gasteiger partial charge in [0, 0.05) is 56.1 Å². The number of ether oxygens (including phenoxy) is 3. The van der Waals surface area contributed by atoms with Crippen molar-refractivity contribution in [2.75, 3.05) is 43.6 Å². The van der Waals surface area contributed by atoms with Crippen LogP contribution >= 0.6 is 11.6 Å². The summed E-state index contributed by atoms with van der Waals surface area (Å²) in [6.07, 6.45) is 6.25. The Morgan fingerprint density at radius 1 is 1.20 bits per heavy atom. The fourth-order valence-electron chi connectivity index (χ4n) is 6.23. The molecule has 0 bridgehead atoms. The molecule has 1 aliphatic carbocycles. The molecule has 0 unspecified atom stereocenters. The smallest absolute Gasteiger partial charge is 0.450 e. The van der Waals surface area contributed by atoms with Crippen LogP contribution in [0.3, 0.4) is 0 Å². The topological polar surface area (TPSA) is 194 Å². The molecule has 4 heterocycles. The van der Waals surface area contributed by atoms with Crippen molar-refractivity contribution in [1.29, 1.82) is 5.26 Å². The molecule has 0 spiro atoms. The maximum absolute atomic E-state index is 10.6. The Morgan fingerprint density at radius 2 is 1.98 bits per heavy atom. The van der Waals surface area contributed by atoms with E-state index in [0.717, 1.165) is 42.8 Å². The number of hydrogen-bond donors (Lipinski definition) is 4. The minimum atomic E-state index is -1.30. The number of pyridine rings is 2. The molecule has 0 amide bonds. The number of carbonyl (C=O) groups is 1. The van der Waals surface area contributed by atoms with E-state index < -0.39 is 11.6 Å². The van der Waals surface area contributed by atoms with Crippen molar-refractivity contribution in [1.82, 2.24) is 35.5 Å². The summed E-state index contributed by atoms with van der Waals surface area (Å²) >= 11 is 6.59. The molecule has 1 saturated carbocycles. The van der Waals surface area contributed by atoms with Gasteiger partial charge in [0.15, 0.2) is 5.82 Å². The lowest BCUT2D eigenvalue weighted by Crippen LogP contribution is -2.43. The van der Waals surface area contributed by atoms with E-state index in [1.807, 2.05) is 31.2 Å². The standard InChI is InChI=1S/C33H45ClN10O5/c1-22(18-48-19-31-41-42-43-44(31)23(2)10-13-49-32(45)46)38-24-6-8-25(9-7-24)39-30-16-26(27(34)17-36-30)28-4-3-5-29(40-28)37-21-33(20-35)11-14-47-15-12-33/h3-5,16-17,22-25,38H,6-15,18-19,21H2,1-2H3,(H,36,39)(H,37,40)(H,45,46)/t22-,23+,24?,25?/m1/s1. The number of nitriles is 1. The van der Waals surface area contributed by atoms with Crippen LogP contribution in [0.25, 0.3) is 11.3 Å². The number of halogens is 1. The van der Waals surface area contributed by atoms with E-state index in [9.17, 15) is 10.1 Å². The molecule has 0 radical (unpaired) electrons. The molecule has 2 atom stereocenters. The predicted molar refractivity (Wildman–Crippen MR) is 182 cm³/mol. The van der Waals surface area contributed by atoms with Crippen LogP contribution in [0.2, 0.25) is 5.02 Å². The molecule has 4 N–H and O–H groups in total. The normalized spacial score (nSPS) is 20.1. The van der Waals surface area contributed by atoms with Gasteiger partial charge in [0.2, 0.25) is 0 Å². The third-order valence-corrected chi connectivity index (χ3v) is 9.41. The van der Waals surface area contributed by atoms with Gasteiger partial charge in [0.05, 0.1) is 41.5 Å². The van der Waals surface area contributed by atoms with Crippen molar-refractivity contribution in [2.24, 2.45) is 5.41 Å². The summed E-state index contributed by atoms with van der Waals surface area (Å²) in [7, 11) is 0. The molecule has 1 aliphatic heterocycles. The zero-order chi connectivity index (χ0) is 34.6. The average Bonchev–Trinajstić information content (AvgIpc) is 3.58. The van der Waals surface area contributed by atoms with E-state index in [4.69, 9.17) is 31.2 Å². The van der Waals surface area contributed by atoms with Gasteiger partial charge in [-0.1, -0.05) is 17.7 Å². The summed E-state index contributed by atoms with van der Waals surface area (Å²) < 4.78 is 17.6. The van der Waals surface area contributed by atoms with E-state index in [1.165, 1.54) is 0 Å². The van der Waals surface area contributed by atoms with E-state index >= 15 is 0 Å². The summed E-state index contributed by atoms with van der Waals surface area (Å²) in [6.45, 7) is 6.53. The summed E-state index contributed by atoms with van der Waals surface area (Å²) in [5.74, 6) is 2.04. The van der Waals surface area contributed by atoms with Crippen molar-refractivity contribution in [3.63, 3.8) is 0 Å². The summed E-state index contributed by atoms with van der Waals surface area (Å²) in [5.41, 5.74) is 1.08. The number of anilines is 2. The molecule has 0 aromatic carbocycles. The second-order valence-electron chi connectivity index (χ2n) is 12.9. The molecular weight excluding hydrogens is 652 g/mol. The van der Waals surface area contributed by atoms with Gasteiger partial charge in [0.25, 0.3) is 0 Å². The quantitative estimate of drug-likeness (QED) is 0.145. The number of rotatable bonds is 16. The van der Waals surface area contributed by atoms with Crippen molar-refractivity contribution in [3.8, 4) is 17.3 Å². The van der Waals surface area contributed by atoms with Gasteiger partial charge in [0.1, 0.15) is 18.2 Å². The van der Waals surface area contributed by atoms with Crippen LogP contribution in [-0.4, -0.2) is 92.5 Å². The lowest BCUT2D eigenvalue weighted by atomic mass is 9.82. The number of nitrogens with zero attached hydrogens (tertiary/aromatic N) is 7. The molecule has 49 heavy (non-hydrogen) atoms. The highest BCUT2D eigenvalue weighted by Gasteiger charge is 2.32. The van der Waals surface area contributed by atoms with Gasteiger partial charge in [-0.25, -0.2) is 19.4 Å². The van der Waals surface area contributed by atoms with Crippen LogP contribution in [-0.2, 0) is 20.8 Å². The van der Waals surface area contributed by atoms with Crippen molar-refractivity contribution < 1.29 is 24.1 Å². The van der Waals surface area contributed by atoms with E-state index in [2.05, 4.69) is 54.2 Å². The molecule has 3 aromatic heterocycles.